The predicted octanol–water partition coefficient (Wildman–Crippen LogP) is 7.65. The number of benzene rings is 2. The van der Waals surface area contributed by atoms with Gasteiger partial charge in [0.15, 0.2) is 0 Å². The molecule has 0 saturated carbocycles. The van der Waals surface area contributed by atoms with Crippen LogP contribution in [0.25, 0.3) is 0 Å². The molecule has 24 heavy (non-hydrogen) atoms. The highest BCUT2D eigenvalue weighted by Gasteiger charge is 2.21. The summed E-state index contributed by atoms with van der Waals surface area (Å²) in [5.74, 6) is 0.851. The molecule has 2 nitrogen and oxygen atoms in total. The molecule has 2 heteroatoms. The molecule has 0 aliphatic rings. The van der Waals surface area contributed by atoms with Gasteiger partial charge in [-0.25, -0.2) is 0 Å². The van der Waals surface area contributed by atoms with E-state index in [0.717, 1.165) is 11.4 Å². The Morgan fingerprint density at radius 3 is 1.88 bits per heavy atom. The van der Waals surface area contributed by atoms with Crippen molar-refractivity contribution in [3.8, 4) is 0 Å². The van der Waals surface area contributed by atoms with E-state index in [1.807, 2.05) is 12.1 Å². The fraction of sp³-hybridized carbons (Fsp3) is 0.455. The second-order valence-electron chi connectivity index (χ2n) is 8.06. The maximum atomic E-state index is 4.73. The van der Waals surface area contributed by atoms with Crippen LogP contribution >= 0.6 is 0 Å². The highest BCUT2D eigenvalue weighted by Crippen LogP contribution is 2.38. The second-order valence-corrected chi connectivity index (χ2v) is 8.06. The molecule has 0 unspecified atom stereocenters. The van der Waals surface area contributed by atoms with E-state index in [-0.39, 0.29) is 5.41 Å². The zero-order chi connectivity index (χ0) is 17.9. The van der Waals surface area contributed by atoms with Crippen LogP contribution in [0.15, 0.2) is 52.7 Å². The van der Waals surface area contributed by atoms with E-state index in [9.17, 15) is 0 Å². The molecule has 0 aliphatic carbocycles. The summed E-state index contributed by atoms with van der Waals surface area (Å²) in [5.41, 5.74) is 5.77. The monoisotopic (exact) mass is 322 g/mol. The summed E-state index contributed by atoms with van der Waals surface area (Å²) in [4.78, 5) is 0. The summed E-state index contributed by atoms with van der Waals surface area (Å²) in [5, 5.41) is 9.37. The molecule has 0 fully saturated rings. The van der Waals surface area contributed by atoms with E-state index in [1.165, 1.54) is 16.7 Å². The average molecular weight is 322 g/mol. The van der Waals surface area contributed by atoms with Crippen molar-refractivity contribution < 1.29 is 0 Å². The lowest BCUT2D eigenvalue weighted by Crippen LogP contribution is -2.12. The van der Waals surface area contributed by atoms with Gasteiger partial charge in [0.1, 0.15) is 0 Å². The van der Waals surface area contributed by atoms with Gasteiger partial charge >= 0.3 is 0 Å². The third kappa shape index (κ3) is 4.11. The molecule has 128 valence electrons. The highest BCUT2D eigenvalue weighted by molar-refractivity contribution is 5.57. The molecule has 0 radical (unpaired) electrons. The average Bonchev–Trinajstić information content (AvgIpc) is 2.51. The normalized spacial score (nSPS) is 12.5. The van der Waals surface area contributed by atoms with E-state index < -0.39 is 0 Å². The molecule has 0 aliphatic heterocycles. The zero-order valence-corrected chi connectivity index (χ0v) is 16.1. The van der Waals surface area contributed by atoms with Gasteiger partial charge in [0.2, 0.25) is 0 Å². The van der Waals surface area contributed by atoms with Crippen molar-refractivity contribution in [2.45, 2.75) is 65.7 Å². The van der Waals surface area contributed by atoms with Crippen molar-refractivity contribution in [1.82, 2.24) is 0 Å². The van der Waals surface area contributed by atoms with Crippen LogP contribution in [0.1, 0.15) is 77.0 Å². The Bertz CT molecular complexity index is 719. The fourth-order valence-electron chi connectivity index (χ4n) is 2.91. The second kappa shape index (κ2) is 7.29. The Labute approximate surface area is 147 Å². The van der Waals surface area contributed by atoms with Crippen LogP contribution in [0.2, 0.25) is 0 Å². The van der Waals surface area contributed by atoms with Crippen LogP contribution in [-0.4, -0.2) is 0 Å². The van der Waals surface area contributed by atoms with Crippen LogP contribution in [0.3, 0.4) is 0 Å². The molecule has 0 N–H and O–H groups in total. The molecule has 0 amide bonds. The summed E-state index contributed by atoms with van der Waals surface area (Å²) in [6.07, 6.45) is 0. The Morgan fingerprint density at radius 2 is 1.29 bits per heavy atom. The van der Waals surface area contributed by atoms with E-state index in [1.54, 1.807) is 0 Å². The number of nitrogens with zero attached hydrogens (tertiary/aromatic N) is 2. The highest BCUT2D eigenvalue weighted by atomic mass is 15.1. The Kier molecular flexibility index (Phi) is 5.58. The zero-order valence-electron chi connectivity index (χ0n) is 16.1. The minimum Gasteiger partial charge on any atom is -0.150 e. The van der Waals surface area contributed by atoms with Crippen molar-refractivity contribution in [1.29, 1.82) is 0 Å². The molecule has 2 aromatic carbocycles. The van der Waals surface area contributed by atoms with Gasteiger partial charge in [0.25, 0.3) is 0 Å². The van der Waals surface area contributed by atoms with Gasteiger partial charge in [0.05, 0.1) is 11.4 Å². The van der Waals surface area contributed by atoms with Gasteiger partial charge in [-0.3, -0.25) is 0 Å². The minimum atomic E-state index is 0.0385. The predicted molar refractivity (Wildman–Crippen MR) is 104 cm³/mol. The maximum absolute atomic E-state index is 4.73. The fourth-order valence-corrected chi connectivity index (χ4v) is 2.91. The van der Waals surface area contributed by atoms with E-state index in [4.69, 9.17) is 5.11 Å². The standard InChI is InChI=1S/C22H30N2/c1-15(2)17-11-8-9-14-20(17)23-24-21-18(16(3)4)12-10-13-19(21)22(5,6)7/h8-16H,1-7H3. The Hall–Kier alpha value is -1.96. The van der Waals surface area contributed by atoms with Crippen LogP contribution in [0.4, 0.5) is 11.4 Å². The molecule has 0 atom stereocenters. The summed E-state index contributed by atoms with van der Waals surface area (Å²) >= 11 is 0. The first-order valence-electron chi connectivity index (χ1n) is 8.86. The first-order valence-corrected chi connectivity index (χ1v) is 8.86. The van der Waals surface area contributed by atoms with Gasteiger partial charge in [-0.1, -0.05) is 84.9 Å². The molecule has 0 bridgehead atoms. The first-order chi connectivity index (χ1) is 11.2. The smallest absolute Gasteiger partial charge is 0.0928 e. The molecule has 0 aromatic heterocycles. The minimum absolute atomic E-state index is 0.0385. The van der Waals surface area contributed by atoms with E-state index >= 15 is 0 Å². The largest absolute Gasteiger partial charge is 0.150 e. The summed E-state index contributed by atoms with van der Waals surface area (Å²) in [6.45, 7) is 15.5. The van der Waals surface area contributed by atoms with Gasteiger partial charge in [0, 0.05) is 0 Å². The van der Waals surface area contributed by atoms with Crippen LogP contribution < -0.4 is 0 Å². The quantitative estimate of drug-likeness (QED) is 0.516. The SMILES string of the molecule is CC(C)c1ccccc1N=Nc1c(C(C)C)cccc1C(C)(C)C. The lowest BCUT2D eigenvalue weighted by Gasteiger charge is -2.23. The van der Waals surface area contributed by atoms with Crippen LogP contribution in [0.5, 0.6) is 0 Å². The Morgan fingerprint density at radius 1 is 0.708 bits per heavy atom. The maximum Gasteiger partial charge on any atom is 0.0928 e. The lowest BCUT2D eigenvalue weighted by atomic mass is 9.83. The number of hydrogen-bond donors (Lipinski definition) is 0. The van der Waals surface area contributed by atoms with E-state index in [2.05, 4.69) is 83.9 Å². The topological polar surface area (TPSA) is 24.7 Å². The molecule has 0 saturated heterocycles. The molecular formula is C22H30N2. The van der Waals surface area contributed by atoms with Crippen molar-refractivity contribution >= 4 is 11.4 Å². The molecule has 0 spiro atoms. The van der Waals surface area contributed by atoms with Gasteiger partial charge in [-0.2, -0.15) is 5.11 Å². The third-order valence-corrected chi connectivity index (χ3v) is 4.31. The number of hydrogen-bond acceptors (Lipinski definition) is 2. The third-order valence-electron chi connectivity index (χ3n) is 4.31. The Balaban J connectivity index is 2.57. The molecule has 2 aromatic rings. The summed E-state index contributed by atoms with van der Waals surface area (Å²) < 4.78 is 0. The van der Waals surface area contributed by atoms with Crippen molar-refractivity contribution in [2.75, 3.05) is 0 Å². The number of rotatable bonds is 4. The molecule has 2 rings (SSSR count). The van der Waals surface area contributed by atoms with Crippen molar-refractivity contribution in [2.24, 2.45) is 10.2 Å². The lowest BCUT2D eigenvalue weighted by molar-refractivity contribution is 0.589. The van der Waals surface area contributed by atoms with Crippen molar-refractivity contribution in [3.63, 3.8) is 0 Å². The van der Waals surface area contributed by atoms with E-state index in [0.29, 0.717) is 11.8 Å². The van der Waals surface area contributed by atoms with Crippen LogP contribution in [0, 0.1) is 0 Å². The van der Waals surface area contributed by atoms with Gasteiger partial charge in [-0.05, 0) is 40.0 Å². The molecular weight excluding hydrogens is 292 g/mol. The first kappa shape index (κ1) is 18.4. The molecule has 0 heterocycles. The van der Waals surface area contributed by atoms with Crippen LogP contribution in [-0.2, 0) is 5.41 Å². The number of azo groups is 1. The summed E-state index contributed by atoms with van der Waals surface area (Å²) in [7, 11) is 0. The summed E-state index contributed by atoms with van der Waals surface area (Å²) in [6, 6.07) is 14.8. The van der Waals surface area contributed by atoms with Gasteiger partial charge in [-0.15, -0.1) is 5.11 Å². The van der Waals surface area contributed by atoms with Gasteiger partial charge < -0.3 is 0 Å². The van der Waals surface area contributed by atoms with Crippen molar-refractivity contribution in [3.05, 3.63) is 59.2 Å².